The van der Waals surface area contributed by atoms with Gasteiger partial charge in [0, 0.05) is 32.5 Å². The van der Waals surface area contributed by atoms with E-state index in [0.29, 0.717) is 43.3 Å². The van der Waals surface area contributed by atoms with Crippen molar-refractivity contribution in [1.82, 2.24) is 15.2 Å². The third-order valence-electron chi connectivity index (χ3n) is 5.04. The Balaban J connectivity index is 1.43. The van der Waals surface area contributed by atoms with Crippen LogP contribution in [0.5, 0.6) is 0 Å². The molecule has 0 radical (unpaired) electrons. The molecule has 0 spiro atoms. The standard InChI is InChI=1S/C22H21F2N3O2/c23-16-5-3-4-15(12-16)19-13-25-10-11-27(19)22(28)9-8-21-26-14-20(29-21)17-6-1-2-7-18(17)24/h1-7,12,14,19,25H,8-11,13H2. The van der Waals surface area contributed by atoms with Crippen molar-refractivity contribution in [2.24, 2.45) is 0 Å². The van der Waals surface area contributed by atoms with E-state index in [-0.39, 0.29) is 30.0 Å². The first kappa shape index (κ1) is 19.3. The molecule has 1 aliphatic rings. The minimum absolute atomic E-state index is 0.0496. The summed E-state index contributed by atoms with van der Waals surface area (Å²) in [6, 6.07) is 12.4. The average molecular weight is 397 g/mol. The van der Waals surface area contributed by atoms with Crippen LogP contribution in [0, 0.1) is 11.6 Å². The van der Waals surface area contributed by atoms with Crippen molar-refractivity contribution >= 4 is 5.91 Å². The molecule has 0 bridgehead atoms. The summed E-state index contributed by atoms with van der Waals surface area (Å²) in [5.41, 5.74) is 1.11. The molecule has 2 heterocycles. The van der Waals surface area contributed by atoms with Crippen LogP contribution < -0.4 is 5.32 Å². The van der Waals surface area contributed by atoms with Gasteiger partial charge in [-0.25, -0.2) is 13.8 Å². The lowest BCUT2D eigenvalue weighted by molar-refractivity contribution is -0.134. The normalized spacial score (nSPS) is 16.8. The summed E-state index contributed by atoms with van der Waals surface area (Å²) in [4.78, 5) is 18.8. The smallest absolute Gasteiger partial charge is 0.223 e. The molecule has 1 N–H and O–H groups in total. The van der Waals surface area contributed by atoms with Crippen molar-refractivity contribution in [3.8, 4) is 11.3 Å². The summed E-state index contributed by atoms with van der Waals surface area (Å²) in [7, 11) is 0. The summed E-state index contributed by atoms with van der Waals surface area (Å²) in [5.74, 6) is -0.0308. The van der Waals surface area contributed by atoms with E-state index in [4.69, 9.17) is 4.42 Å². The zero-order chi connectivity index (χ0) is 20.2. The van der Waals surface area contributed by atoms with Gasteiger partial charge in [0.25, 0.3) is 0 Å². The van der Waals surface area contributed by atoms with Crippen molar-refractivity contribution in [3.63, 3.8) is 0 Å². The molecule has 7 heteroatoms. The van der Waals surface area contributed by atoms with Gasteiger partial charge in [-0.15, -0.1) is 0 Å². The molecule has 150 valence electrons. The highest BCUT2D eigenvalue weighted by Gasteiger charge is 2.28. The van der Waals surface area contributed by atoms with Crippen molar-refractivity contribution < 1.29 is 18.0 Å². The van der Waals surface area contributed by atoms with Crippen LogP contribution in [0.15, 0.2) is 59.1 Å². The molecule has 2 aromatic carbocycles. The van der Waals surface area contributed by atoms with Crippen molar-refractivity contribution in [3.05, 3.63) is 77.8 Å². The Morgan fingerprint density at radius 3 is 2.90 bits per heavy atom. The Morgan fingerprint density at radius 1 is 1.21 bits per heavy atom. The van der Waals surface area contributed by atoms with E-state index < -0.39 is 0 Å². The number of piperazine rings is 1. The molecule has 0 saturated carbocycles. The number of hydrogen-bond acceptors (Lipinski definition) is 4. The van der Waals surface area contributed by atoms with Crippen LogP contribution in [0.1, 0.15) is 23.9 Å². The number of benzene rings is 2. The Morgan fingerprint density at radius 2 is 2.07 bits per heavy atom. The summed E-state index contributed by atoms with van der Waals surface area (Å²) in [6.07, 6.45) is 1.99. The van der Waals surface area contributed by atoms with E-state index >= 15 is 0 Å². The van der Waals surface area contributed by atoms with Crippen molar-refractivity contribution in [2.45, 2.75) is 18.9 Å². The van der Waals surface area contributed by atoms with E-state index in [1.165, 1.54) is 24.4 Å². The molecule has 1 unspecified atom stereocenters. The zero-order valence-corrected chi connectivity index (χ0v) is 15.8. The number of nitrogens with zero attached hydrogens (tertiary/aromatic N) is 2. The number of rotatable bonds is 5. The fourth-order valence-electron chi connectivity index (χ4n) is 3.58. The average Bonchev–Trinajstić information content (AvgIpc) is 3.21. The van der Waals surface area contributed by atoms with E-state index in [1.54, 1.807) is 29.2 Å². The van der Waals surface area contributed by atoms with Crippen LogP contribution in [-0.2, 0) is 11.2 Å². The second-order valence-electron chi connectivity index (χ2n) is 6.96. The van der Waals surface area contributed by atoms with Crippen molar-refractivity contribution in [1.29, 1.82) is 0 Å². The lowest BCUT2D eigenvalue weighted by atomic mass is 10.0. The van der Waals surface area contributed by atoms with Gasteiger partial charge in [0.15, 0.2) is 11.7 Å². The SMILES string of the molecule is O=C(CCc1ncc(-c2ccccc2F)o1)N1CCNCC1c1cccc(F)c1. The van der Waals surface area contributed by atoms with E-state index in [0.717, 1.165) is 5.56 Å². The largest absolute Gasteiger partial charge is 0.441 e. The Hall–Kier alpha value is -3.06. The van der Waals surface area contributed by atoms with E-state index in [9.17, 15) is 13.6 Å². The summed E-state index contributed by atoms with van der Waals surface area (Å²) >= 11 is 0. The molecule has 5 nitrogen and oxygen atoms in total. The summed E-state index contributed by atoms with van der Waals surface area (Å²) < 4.78 is 33.1. The van der Waals surface area contributed by atoms with Gasteiger partial charge in [-0.05, 0) is 29.8 Å². The monoisotopic (exact) mass is 397 g/mol. The minimum atomic E-state index is -0.384. The predicted octanol–water partition coefficient (Wildman–Crippen LogP) is 3.73. The molecule has 1 fully saturated rings. The molecular weight excluding hydrogens is 376 g/mol. The number of aryl methyl sites for hydroxylation is 1. The van der Waals surface area contributed by atoms with E-state index in [2.05, 4.69) is 10.3 Å². The summed E-state index contributed by atoms with van der Waals surface area (Å²) in [5, 5.41) is 3.26. The lowest BCUT2D eigenvalue weighted by Gasteiger charge is -2.36. The third kappa shape index (κ3) is 4.35. The number of aromatic nitrogens is 1. The molecule has 1 atom stereocenters. The van der Waals surface area contributed by atoms with Crippen LogP contribution in [0.3, 0.4) is 0 Å². The molecule has 1 aromatic heterocycles. The highest BCUT2D eigenvalue weighted by atomic mass is 19.1. The van der Waals surface area contributed by atoms with Crippen LogP contribution in [0.4, 0.5) is 8.78 Å². The minimum Gasteiger partial charge on any atom is -0.441 e. The topological polar surface area (TPSA) is 58.4 Å². The Bertz CT molecular complexity index is 1000. The fraction of sp³-hybridized carbons (Fsp3) is 0.273. The highest BCUT2D eigenvalue weighted by Crippen LogP contribution is 2.26. The van der Waals surface area contributed by atoms with Gasteiger partial charge in [0.1, 0.15) is 11.6 Å². The number of nitrogens with one attached hydrogen (secondary N) is 1. The second-order valence-corrected chi connectivity index (χ2v) is 6.96. The van der Waals surface area contributed by atoms with Gasteiger partial charge in [-0.2, -0.15) is 0 Å². The quantitative estimate of drug-likeness (QED) is 0.713. The maximum Gasteiger partial charge on any atom is 0.223 e. The Kier molecular flexibility index (Phi) is 5.67. The molecule has 0 aliphatic carbocycles. The second kappa shape index (κ2) is 8.53. The van der Waals surface area contributed by atoms with Crippen LogP contribution in [0.25, 0.3) is 11.3 Å². The number of amides is 1. The van der Waals surface area contributed by atoms with Gasteiger partial charge in [0.2, 0.25) is 5.91 Å². The molecule has 29 heavy (non-hydrogen) atoms. The summed E-state index contributed by atoms with van der Waals surface area (Å²) in [6.45, 7) is 1.81. The van der Waals surface area contributed by atoms with Crippen LogP contribution >= 0.6 is 0 Å². The molecular formula is C22H21F2N3O2. The van der Waals surface area contributed by atoms with E-state index in [1.807, 2.05) is 6.07 Å². The molecule has 1 saturated heterocycles. The van der Waals surface area contributed by atoms with Crippen molar-refractivity contribution in [2.75, 3.05) is 19.6 Å². The molecule has 4 rings (SSSR count). The number of carbonyl (C=O) groups is 1. The third-order valence-corrected chi connectivity index (χ3v) is 5.04. The lowest BCUT2D eigenvalue weighted by Crippen LogP contribution is -2.48. The maximum atomic E-state index is 13.9. The van der Waals surface area contributed by atoms with Gasteiger partial charge in [-0.3, -0.25) is 4.79 Å². The van der Waals surface area contributed by atoms with Crippen LogP contribution in [0.2, 0.25) is 0 Å². The zero-order valence-electron chi connectivity index (χ0n) is 15.8. The van der Waals surface area contributed by atoms with Gasteiger partial charge >= 0.3 is 0 Å². The van der Waals surface area contributed by atoms with Crippen LogP contribution in [-0.4, -0.2) is 35.4 Å². The first-order valence-corrected chi connectivity index (χ1v) is 9.57. The Labute approximate surface area is 167 Å². The number of oxazole rings is 1. The van der Waals surface area contributed by atoms with Gasteiger partial charge < -0.3 is 14.6 Å². The number of halogens is 2. The number of carbonyl (C=O) groups excluding carboxylic acids is 1. The molecule has 3 aromatic rings. The first-order valence-electron chi connectivity index (χ1n) is 9.57. The maximum absolute atomic E-state index is 13.9. The predicted molar refractivity (Wildman–Crippen MR) is 104 cm³/mol. The molecule has 1 aliphatic heterocycles. The first-order chi connectivity index (χ1) is 14.1. The fourth-order valence-corrected chi connectivity index (χ4v) is 3.58. The van der Waals surface area contributed by atoms with Gasteiger partial charge in [0.05, 0.1) is 17.8 Å². The number of hydrogen-bond donors (Lipinski definition) is 1. The van der Waals surface area contributed by atoms with Gasteiger partial charge in [-0.1, -0.05) is 24.3 Å². The molecule has 1 amide bonds. The highest BCUT2D eigenvalue weighted by molar-refractivity contribution is 5.77.